The number of rotatable bonds is 7. The molecule has 0 amide bonds. The van der Waals surface area contributed by atoms with E-state index in [1.807, 2.05) is 18.2 Å². The zero-order chi connectivity index (χ0) is 12.7. The van der Waals surface area contributed by atoms with Crippen molar-refractivity contribution in [3.63, 3.8) is 0 Å². The minimum Gasteiger partial charge on any atom is -0.394 e. The highest BCUT2D eigenvalue weighted by molar-refractivity contribution is 5.14. The second-order valence-corrected chi connectivity index (χ2v) is 4.74. The maximum absolute atomic E-state index is 9.61. The summed E-state index contributed by atoms with van der Waals surface area (Å²) in [6.07, 6.45) is 0. The highest BCUT2D eigenvalue weighted by Crippen LogP contribution is 2.18. The van der Waals surface area contributed by atoms with Crippen LogP contribution in [0.3, 0.4) is 0 Å². The Hall–Kier alpha value is -0.900. The van der Waals surface area contributed by atoms with E-state index in [1.54, 1.807) is 7.11 Å². The van der Waals surface area contributed by atoms with E-state index in [4.69, 9.17) is 4.74 Å². The van der Waals surface area contributed by atoms with Crippen molar-refractivity contribution in [2.75, 3.05) is 20.3 Å². The monoisotopic (exact) mass is 237 g/mol. The van der Waals surface area contributed by atoms with Gasteiger partial charge in [-0.25, -0.2) is 0 Å². The molecular weight excluding hydrogens is 214 g/mol. The molecule has 2 N–H and O–H groups in total. The summed E-state index contributed by atoms with van der Waals surface area (Å²) in [5.41, 5.74) is 0.840. The van der Waals surface area contributed by atoms with Crippen LogP contribution < -0.4 is 5.32 Å². The van der Waals surface area contributed by atoms with Gasteiger partial charge in [-0.05, 0) is 11.5 Å². The molecule has 0 fully saturated rings. The second-order valence-electron chi connectivity index (χ2n) is 4.74. The summed E-state index contributed by atoms with van der Waals surface area (Å²) < 4.78 is 5.23. The van der Waals surface area contributed by atoms with Gasteiger partial charge in [-0.1, -0.05) is 44.2 Å². The standard InChI is InChI=1S/C14H23NO2/c1-12(2)14(10-16,11-17-3)15-9-13-7-5-4-6-8-13/h4-8,12,15-16H,9-11H2,1-3H3. The van der Waals surface area contributed by atoms with Crippen LogP contribution in [0.1, 0.15) is 19.4 Å². The van der Waals surface area contributed by atoms with Crippen molar-refractivity contribution >= 4 is 0 Å². The van der Waals surface area contributed by atoms with Gasteiger partial charge >= 0.3 is 0 Å². The molecule has 1 aromatic carbocycles. The number of ether oxygens (including phenoxy) is 1. The van der Waals surface area contributed by atoms with Gasteiger partial charge in [0.05, 0.1) is 18.8 Å². The maximum atomic E-state index is 9.61. The van der Waals surface area contributed by atoms with E-state index in [0.717, 1.165) is 6.54 Å². The Balaban J connectivity index is 2.67. The first-order valence-corrected chi connectivity index (χ1v) is 6.03. The average molecular weight is 237 g/mol. The molecule has 3 heteroatoms. The molecule has 0 aliphatic heterocycles. The molecule has 0 aliphatic carbocycles. The third kappa shape index (κ3) is 3.80. The molecule has 0 heterocycles. The first-order valence-electron chi connectivity index (χ1n) is 6.03. The van der Waals surface area contributed by atoms with E-state index < -0.39 is 0 Å². The first-order chi connectivity index (χ1) is 8.14. The predicted molar refractivity (Wildman–Crippen MR) is 69.8 cm³/mol. The highest BCUT2D eigenvalue weighted by Gasteiger charge is 2.32. The van der Waals surface area contributed by atoms with Gasteiger partial charge in [0.1, 0.15) is 0 Å². The number of hydrogen-bond donors (Lipinski definition) is 2. The largest absolute Gasteiger partial charge is 0.394 e. The fourth-order valence-electron chi connectivity index (χ4n) is 1.84. The number of aliphatic hydroxyl groups is 1. The fraction of sp³-hybridized carbons (Fsp3) is 0.571. The first kappa shape index (κ1) is 14.2. The van der Waals surface area contributed by atoms with Crippen molar-refractivity contribution < 1.29 is 9.84 Å². The van der Waals surface area contributed by atoms with Gasteiger partial charge in [0, 0.05) is 13.7 Å². The summed E-state index contributed by atoms with van der Waals surface area (Å²) in [6.45, 7) is 5.50. The molecule has 17 heavy (non-hydrogen) atoms. The van der Waals surface area contributed by atoms with Gasteiger partial charge in [0.25, 0.3) is 0 Å². The normalized spacial score (nSPS) is 14.9. The molecular formula is C14H23NO2. The van der Waals surface area contributed by atoms with Crippen LogP contribution in [0.25, 0.3) is 0 Å². The van der Waals surface area contributed by atoms with Crippen molar-refractivity contribution in [3.05, 3.63) is 35.9 Å². The maximum Gasteiger partial charge on any atom is 0.0676 e. The zero-order valence-corrected chi connectivity index (χ0v) is 10.9. The highest BCUT2D eigenvalue weighted by atomic mass is 16.5. The number of aliphatic hydroxyl groups excluding tert-OH is 1. The number of methoxy groups -OCH3 is 1. The minimum atomic E-state index is -0.370. The third-order valence-electron chi connectivity index (χ3n) is 3.28. The Labute approximate surface area is 104 Å². The molecule has 1 aromatic rings. The van der Waals surface area contributed by atoms with E-state index in [2.05, 4.69) is 31.3 Å². The lowest BCUT2D eigenvalue weighted by molar-refractivity contribution is 0.0319. The number of benzene rings is 1. The smallest absolute Gasteiger partial charge is 0.0676 e. The van der Waals surface area contributed by atoms with Crippen molar-refractivity contribution in [3.8, 4) is 0 Å². The average Bonchev–Trinajstić information content (AvgIpc) is 2.35. The molecule has 0 saturated carbocycles. The molecule has 96 valence electrons. The van der Waals surface area contributed by atoms with E-state index in [-0.39, 0.29) is 12.1 Å². The van der Waals surface area contributed by atoms with Gasteiger partial charge in [0.15, 0.2) is 0 Å². The van der Waals surface area contributed by atoms with Crippen molar-refractivity contribution in [1.82, 2.24) is 5.32 Å². The van der Waals surface area contributed by atoms with Crippen LogP contribution in [0.4, 0.5) is 0 Å². The van der Waals surface area contributed by atoms with E-state index in [9.17, 15) is 5.11 Å². The lowest BCUT2D eigenvalue weighted by atomic mass is 9.87. The Morgan fingerprint density at radius 2 is 1.94 bits per heavy atom. The van der Waals surface area contributed by atoms with Crippen LogP contribution in [0.2, 0.25) is 0 Å². The van der Waals surface area contributed by atoms with Crippen molar-refractivity contribution in [2.45, 2.75) is 25.9 Å². The van der Waals surface area contributed by atoms with Crippen molar-refractivity contribution in [1.29, 1.82) is 0 Å². The van der Waals surface area contributed by atoms with Gasteiger partial charge < -0.3 is 15.2 Å². The summed E-state index contributed by atoms with van der Waals surface area (Å²) in [6, 6.07) is 10.2. The molecule has 0 aromatic heterocycles. The molecule has 1 unspecified atom stereocenters. The summed E-state index contributed by atoms with van der Waals surface area (Å²) in [7, 11) is 1.66. The van der Waals surface area contributed by atoms with Gasteiger partial charge in [-0.3, -0.25) is 0 Å². The van der Waals surface area contributed by atoms with E-state index >= 15 is 0 Å². The van der Waals surface area contributed by atoms with Crippen LogP contribution in [-0.2, 0) is 11.3 Å². The number of nitrogens with one attached hydrogen (secondary N) is 1. The SMILES string of the molecule is COCC(CO)(NCc1ccccc1)C(C)C. The quantitative estimate of drug-likeness (QED) is 0.760. The van der Waals surface area contributed by atoms with Crippen LogP contribution in [0.15, 0.2) is 30.3 Å². The van der Waals surface area contributed by atoms with Crippen LogP contribution in [0, 0.1) is 5.92 Å². The molecule has 0 saturated heterocycles. The Morgan fingerprint density at radius 1 is 1.29 bits per heavy atom. The Morgan fingerprint density at radius 3 is 2.41 bits per heavy atom. The fourth-order valence-corrected chi connectivity index (χ4v) is 1.84. The second kappa shape index (κ2) is 6.74. The topological polar surface area (TPSA) is 41.5 Å². The predicted octanol–water partition coefficient (Wildman–Crippen LogP) is 1.81. The van der Waals surface area contributed by atoms with Gasteiger partial charge in [-0.15, -0.1) is 0 Å². The van der Waals surface area contributed by atoms with E-state index in [1.165, 1.54) is 5.56 Å². The van der Waals surface area contributed by atoms with Gasteiger partial charge in [-0.2, -0.15) is 0 Å². The van der Waals surface area contributed by atoms with Crippen molar-refractivity contribution in [2.24, 2.45) is 5.92 Å². The molecule has 0 radical (unpaired) electrons. The number of hydrogen-bond acceptors (Lipinski definition) is 3. The molecule has 3 nitrogen and oxygen atoms in total. The molecule has 0 aliphatic rings. The molecule has 0 spiro atoms. The third-order valence-corrected chi connectivity index (χ3v) is 3.28. The molecule has 1 rings (SSSR count). The lowest BCUT2D eigenvalue weighted by Gasteiger charge is -2.36. The zero-order valence-electron chi connectivity index (χ0n) is 10.9. The Bertz CT molecular complexity index is 313. The molecule has 0 bridgehead atoms. The molecule has 1 atom stereocenters. The summed E-state index contributed by atoms with van der Waals surface area (Å²) in [5.74, 6) is 0.302. The lowest BCUT2D eigenvalue weighted by Crippen LogP contribution is -2.55. The van der Waals surface area contributed by atoms with Crippen LogP contribution in [0.5, 0.6) is 0 Å². The summed E-state index contributed by atoms with van der Waals surface area (Å²) >= 11 is 0. The van der Waals surface area contributed by atoms with E-state index in [0.29, 0.717) is 12.5 Å². The summed E-state index contributed by atoms with van der Waals surface area (Å²) in [5, 5.41) is 13.0. The van der Waals surface area contributed by atoms with Crippen LogP contribution >= 0.6 is 0 Å². The Kier molecular flexibility index (Phi) is 5.62. The van der Waals surface area contributed by atoms with Crippen LogP contribution in [-0.4, -0.2) is 31.0 Å². The summed E-state index contributed by atoms with van der Waals surface area (Å²) in [4.78, 5) is 0. The minimum absolute atomic E-state index is 0.0747. The van der Waals surface area contributed by atoms with Gasteiger partial charge in [0.2, 0.25) is 0 Å².